The number of nitrogens with zero attached hydrogens (tertiary/aromatic N) is 1. The number of hydrogen-bond donors (Lipinski definition) is 1. The van der Waals surface area contributed by atoms with Crippen molar-refractivity contribution in [3.05, 3.63) is 53.5 Å². The zero-order valence-electron chi connectivity index (χ0n) is 8.82. The summed E-state index contributed by atoms with van der Waals surface area (Å²) in [7, 11) is 0. The minimum absolute atomic E-state index is 0.0775. The van der Waals surface area contributed by atoms with Gasteiger partial charge >= 0.3 is 5.97 Å². The number of aromatic carboxylic acids is 1. The first-order chi connectivity index (χ1) is 8.49. The van der Waals surface area contributed by atoms with Crippen LogP contribution in [-0.2, 0) is 0 Å². The van der Waals surface area contributed by atoms with Gasteiger partial charge in [0.15, 0.2) is 11.6 Å². The summed E-state index contributed by atoms with van der Waals surface area (Å²) in [6, 6.07) is 3.32. The van der Waals surface area contributed by atoms with Gasteiger partial charge in [0.25, 0.3) is 0 Å². The number of pyridine rings is 1. The first-order valence-corrected chi connectivity index (χ1v) is 4.83. The molecule has 0 saturated heterocycles. The zero-order chi connectivity index (χ0) is 13.3. The van der Waals surface area contributed by atoms with E-state index in [2.05, 4.69) is 4.98 Å². The van der Waals surface area contributed by atoms with Crippen LogP contribution in [0.25, 0.3) is 11.3 Å². The molecule has 18 heavy (non-hydrogen) atoms. The molecule has 1 aromatic heterocycles. The molecule has 0 aliphatic carbocycles. The van der Waals surface area contributed by atoms with E-state index >= 15 is 0 Å². The molecule has 0 atom stereocenters. The monoisotopic (exact) mass is 253 g/mol. The maximum atomic E-state index is 13.5. The molecule has 0 saturated carbocycles. The van der Waals surface area contributed by atoms with Crippen molar-refractivity contribution in [3.63, 3.8) is 0 Å². The van der Waals surface area contributed by atoms with Crippen LogP contribution in [0, 0.1) is 17.5 Å². The molecule has 0 amide bonds. The van der Waals surface area contributed by atoms with Crippen LogP contribution in [0.15, 0.2) is 30.5 Å². The molecule has 0 fully saturated rings. The fourth-order valence-corrected chi connectivity index (χ4v) is 1.43. The van der Waals surface area contributed by atoms with Crippen molar-refractivity contribution in [3.8, 4) is 11.3 Å². The fraction of sp³-hybridized carbons (Fsp3) is 0. The van der Waals surface area contributed by atoms with E-state index < -0.39 is 23.4 Å². The average molecular weight is 253 g/mol. The predicted molar refractivity (Wildman–Crippen MR) is 56.5 cm³/mol. The van der Waals surface area contributed by atoms with Crippen LogP contribution in [0.1, 0.15) is 10.4 Å². The summed E-state index contributed by atoms with van der Waals surface area (Å²) in [6.07, 6.45) is 1.15. The van der Waals surface area contributed by atoms with E-state index in [0.717, 1.165) is 12.3 Å². The van der Waals surface area contributed by atoms with Gasteiger partial charge in [-0.15, -0.1) is 0 Å². The van der Waals surface area contributed by atoms with Gasteiger partial charge in [0.2, 0.25) is 0 Å². The van der Waals surface area contributed by atoms with Gasteiger partial charge < -0.3 is 5.11 Å². The average Bonchev–Trinajstić information content (AvgIpc) is 2.34. The van der Waals surface area contributed by atoms with E-state index in [1.807, 2.05) is 0 Å². The molecule has 6 heteroatoms. The predicted octanol–water partition coefficient (Wildman–Crippen LogP) is 2.86. The van der Waals surface area contributed by atoms with E-state index in [4.69, 9.17) is 5.11 Å². The van der Waals surface area contributed by atoms with Crippen LogP contribution in [0.4, 0.5) is 13.2 Å². The van der Waals surface area contributed by atoms with Gasteiger partial charge in [0.05, 0.1) is 11.3 Å². The van der Waals surface area contributed by atoms with Crippen LogP contribution >= 0.6 is 0 Å². The van der Waals surface area contributed by atoms with E-state index in [1.165, 1.54) is 6.07 Å². The molecule has 2 rings (SSSR count). The van der Waals surface area contributed by atoms with Crippen molar-refractivity contribution in [2.45, 2.75) is 0 Å². The minimum atomic E-state index is -1.31. The molecule has 1 aromatic carbocycles. The molecular formula is C12H6F3NO2. The van der Waals surface area contributed by atoms with Crippen molar-refractivity contribution in [1.82, 2.24) is 4.98 Å². The lowest BCUT2D eigenvalue weighted by Gasteiger charge is -2.04. The van der Waals surface area contributed by atoms with Crippen LogP contribution in [-0.4, -0.2) is 16.1 Å². The van der Waals surface area contributed by atoms with E-state index in [1.54, 1.807) is 0 Å². The molecule has 0 radical (unpaired) electrons. The Morgan fingerprint density at radius 2 is 1.72 bits per heavy atom. The Balaban J connectivity index is 2.58. The highest BCUT2D eigenvalue weighted by molar-refractivity contribution is 5.88. The number of carbonyl (C=O) groups is 1. The number of carboxylic acid groups (broad SMARTS) is 1. The number of carboxylic acids is 1. The summed E-state index contributed by atoms with van der Waals surface area (Å²) in [5.41, 5.74) is -0.493. The summed E-state index contributed by atoms with van der Waals surface area (Å²) in [4.78, 5) is 14.5. The third-order valence-electron chi connectivity index (χ3n) is 2.29. The Morgan fingerprint density at radius 3 is 2.39 bits per heavy atom. The van der Waals surface area contributed by atoms with Crippen molar-refractivity contribution < 1.29 is 23.1 Å². The highest BCUT2D eigenvalue weighted by atomic mass is 19.2. The maximum absolute atomic E-state index is 13.5. The van der Waals surface area contributed by atoms with Crippen LogP contribution in [0.3, 0.4) is 0 Å². The molecule has 0 bridgehead atoms. The summed E-state index contributed by atoms with van der Waals surface area (Å²) in [5.74, 6) is -4.77. The first kappa shape index (κ1) is 12.1. The molecule has 0 aliphatic rings. The third kappa shape index (κ3) is 2.17. The first-order valence-electron chi connectivity index (χ1n) is 4.83. The Labute approximate surface area is 99.5 Å². The van der Waals surface area contributed by atoms with Crippen LogP contribution in [0.5, 0.6) is 0 Å². The lowest BCUT2D eigenvalue weighted by molar-refractivity contribution is 0.0697. The Bertz CT molecular complexity index is 629. The maximum Gasteiger partial charge on any atom is 0.335 e. The van der Waals surface area contributed by atoms with Gasteiger partial charge in [-0.05, 0) is 18.2 Å². The van der Waals surface area contributed by atoms with Crippen molar-refractivity contribution in [1.29, 1.82) is 0 Å². The molecule has 1 N–H and O–H groups in total. The SMILES string of the molecule is O=C(O)c1ccnc(-c2cc(F)c(F)cc2F)c1. The molecule has 92 valence electrons. The molecule has 0 unspecified atom stereocenters. The van der Waals surface area contributed by atoms with Crippen molar-refractivity contribution in [2.24, 2.45) is 0 Å². The Hall–Kier alpha value is -2.37. The van der Waals surface area contributed by atoms with Crippen LogP contribution in [0.2, 0.25) is 0 Å². The van der Waals surface area contributed by atoms with Gasteiger partial charge in [-0.1, -0.05) is 0 Å². The van der Waals surface area contributed by atoms with Gasteiger partial charge in [-0.2, -0.15) is 0 Å². The second-order valence-electron chi connectivity index (χ2n) is 3.48. The van der Waals surface area contributed by atoms with Crippen molar-refractivity contribution in [2.75, 3.05) is 0 Å². The standard InChI is InChI=1S/C12H6F3NO2/c13-8-5-10(15)9(14)4-7(8)11-3-6(12(17)18)1-2-16-11/h1-5H,(H,17,18). The number of hydrogen-bond acceptors (Lipinski definition) is 2. The van der Waals surface area contributed by atoms with Crippen molar-refractivity contribution >= 4 is 5.97 Å². The largest absolute Gasteiger partial charge is 0.478 e. The second-order valence-corrected chi connectivity index (χ2v) is 3.48. The number of rotatable bonds is 2. The van der Waals surface area contributed by atoms with E-state index in [9.17, 15) is 18.0 Å². The van der Waals surface area contributed by atoms with Gasteiger partial charge in [0, 0.05) is 17.8 Å². The van der Waals surface area contributed by atoms with Gasteiger partial charge in [-0.25, -0.2) is 18.0 Å². The Morgan fingerprint density at radius 1 is 1.06 bits per heavy atom. The quantitative estimate of drug-likeness (QED) is 0.837. The smallest absolute Gasteiger partial charge is 0.335 e. The van der Waals surface area contributed by atoms with E-state index in [0.29, 0.717) is 12.1 Å². The van der Waals surface area contributed by atoms with Gasteiger partial charge in [0.1, 0.15) is 5.82 Å². The molecule has 0 spiro atoms. The Kier molecular flexibility index (Phi) is 3.01. The molecule has 1 heterocycles. The lowest BCUT2D eigenvalue weighted by Crippen LogP contribution is -1.99. The molecule has 0 aliphatic heterocycles. The molecular weight excluding hydrogens is 247 g/mol. The third-order valence-corrected chi connectivity index (χ3v) is 2.29. The molecule has 2 aromatic rings. The van der Waals surface area contributed by atoms with Gasteiger partial charge in [-0.3, -0.25) is 4.98 Å². The zero-order valence-corrected chi connectivity index (χ0v) is 8.82. The highest BCUT2D eigenvalue weighted by Gasteiger charge is 2.14. The second kappa shape index (κ2) is 4.48. The number of aromatic nitrogens is 1. The minimum Gasteiger partial charge on any atom is -0.478 e. The number of halogens is 3. The summed E-state index contributed by atoms with van der Waals surface area (Å²) in [5, 5.41) is 8.77. The fourth-order valence-electron chi connectivity index (χ4n) is 1.43. The summed E-state index contributed by atoms with van der Waals surface area (Å²) in [6.45, 7) is 0. The lowest BCUT2D eigenvalue weighted by atomic mass is 10.1. The normalized spacial score (nSPS) is 10.4. The number of benzene rings is 1. The summed E-state index contributed by atoms with van der Waals surface area (Å²) >= 11 is 0. The van der Waals surface area contributed by atoms with Crippen LogP contribution < -0.4 is 0 Å². The van der Waals surface area contributed by atoms with E-state index in [-0.39, 0.29) is 16.8 Å². The molecule has 3 nitrogen and oxygen atoms in total. The summed E-state index contributed by atoms with van der Waals surface area (Å²) < 4.78 is 39.2. The highest BCUT2D eigenvalue weighted by Crippen LogP contribution is 2.24. The topological polar surface area (TPSA) is 50.2 Å².